The summed E-state index contributed by atoms with van der Waals surface area (Å²) in [7, 11) is 0. The summed E-state index contributed by atoms with van der Waals surface area (Å²) < 4.78 is 16.4. The second kappa shape index (κ2) is 3.75. The van der Waals surface area contributed by atoms with Crippen molar-refractivity contribution in [2.24, 2.45) is 0 Å². The van der Waals surface area contributed by atoms with E-state index >= 15 is 0 Å². The van der Waals surface area contributed by atoms with Crippen molar-refractivity contribution >= 4 is 5.97 Å². The minimum Gasteiger partial charge on any atom is -0.475 e. The van der Waals surface area contributed by atoms with Crippen LogP contribution in [0.2, 0.25) is 0 Å². The minimum absolute atomic E-state index is 0.187. The molecular formula is C14H11NO5. The number of hydrogen-bond donors (Lipinski definition) is 1. The number of hydrogen-bond acceptors (Lipinski definition) is 5. The molecule has 2 heterocycles. The minimum atomic E-state index is -1.14. The Bertz CT molecular complexity index is 701. The largest absolute Gasteiger partial charge is 0.475 e. The molecule has 4 rings (SSSR count). The van der Waals surface area contributed by atoms with Gasteiger partial charge in [0.1, 0.15) is 5.69 Å². The Kier molecular flexibility index (Phi) is 2.13. The van der Waals surface area contributed by atoms with E-state index in [1.165, 1.54) is 6.07 Å². The van der Waals surface area contributed by atoms with Crippen LogP contribution < -0.4 is 9.47 Å². The molecule has 1 aliphatic carbocycles. The fraction of sp³-hybridized carbons (Fsp3) is 0.286. The molecule has 0 saturated heterocycles. The van der Waals surface area contributed by atoms with Crippen LogP contribution in [-0.4, -0.2) is 22.0 Å². The average Bonchev–Trinajstić information content (AvgIpc) is 3.01. The first-order chi connectivity index (χ1) is 9.65. The highest BCUT2D eigenvalue weighted by atomic mass is 16.7. The van der Waals surface area contributed by atoms with E-state index in [1.807, 2.05) is 12.1 Å². The average molecular weight is 273 g/mol. The number of benzene rings is 1. The Morgan fingerprint density at radius 2 is 2.00 bits per heavy atom. The lowest BCUT2D eigenvalue weighted by Crippen LogP contribution is -2.45. The second-order valence-electron chi connectivity index (χ2n) is 5.01. The summed E-state index contributed by atoms with van der Waals surface area (Å²) in [6.07, 6.45) is 2.89. The molecule has 102 valence electrons. The SMILES string of the molecule is O=C(O)c1cc(-c2ccc3c(c2)OC2(CCC2)O3)no1. The summed E-state index contributed by atoms with van der Waals surface area (Å²) >= 11 is 0. The molecule has 0 amide bonds. The van der Waals surface area contributed by atoms with Crippen LogP contribution in [0.4, 0.5) is 0 Å². The van der Waals surface area contributed by atoms with Crippen molar-refractivity contribution in [3.8, 4) is 22.8 Å². The number of carboxylic acids is 1. The first-order valence-electron chi connectivity index (χ1n) is 6.38. The molecular weight excluding hydrogens is 262 g/mol. The number of ether oxygens (including phenoxy) is 2. The number of nitrogens with zero attached hydrogens (tertiary/aromatic N) is 1. The van der Waals surface area contributed by atoms with Crippen molar-refractivity contribution in [3.63, 3.8) is 0 Å². The Labute approximate surface area is 113 Å². The Morgan fingerprint density at radius 1 is 1.20 bits per heavy atom. The van der Waals surface area contributed by atoms with E-state index in [0.29, 0.717) is 11.4 Å². The van der Waals surface area contributed by atoms with E-state index in [1.54, 1.807) is 6.07 Å². The summed E-state index contributed by atoms with van der Waals surface area (Å²) in [6, 6.07) is 6.81. The van der Waals surface area contributed by atoms with E-state index in [2.05, 4.69) is 5.16 Å². The molecule has 1 aromatic heterocycles. The molecule has 6 heteroatoms. The van der Waals surface area contributed by atoms with Gasteiger partial charge in [0.05, 0.1) is 0 Å². The van der Waals surface area contributed by atoms with Crippen molar-refractivity contribution in [3.05, 3.63) is 30.0 Å². The van der Waals surface area contributed by atoms with E-state index in [0.717, 1.165) is 30.6 Å². The normalized spacial score (nSPS) is 18.0. The van der Waals surface area contributed by atoms with Crippen LogP contribution in [0.5, 0.6) is 11.5 Å². The maximum Gasteiger partial charge on any atom is 0.374 e. The van der Waals surface area contributed by atoms with E-state index in [4.69, 9.17) is 19.1 Å². The number of aromatic nitrogens is 1. The molecule has 2 aromatic rings. The molecule has 6 nitrogen and oxygen atoms in total. The summed E-state index contributed by atoms with van der Waals surface area (Å²) in [5.41, 5.74) is 1.20. The molecule has 2 aliphatic rings. The van der Waals surface area contributed by atoms with Crippen LogP contribution in [0.3, 0.4) is 0 Å². The molecule has 1 fully saturated rings. The molecule has 0 radical (unpaired) electrons. The van der Waals surface area contributed by atoms with Crippen LogP contribution in [0.15, 0.2) is 28.8 Å². The number of rotatable bonds is 2. The number of carboxylic acid groups (broad SMARTS) is 1. The van der Waals surface area contributed by atoms with Crippen molar-refractivity contribution in [1.82, 2.24) is 5.16 Å². The Balaban J connectivity index is 1.67. The predicted octanol–water partition coefficient (Wildman–Crippen LogP) is 2.69. The van der Waals surface area contributed by atoms with Crippen molar-refractivity contribution in [2.75, 3.05) is 0 Å². The van der Waals surface area contributed by atoms with E-state index in [-0.39, 0.29) is 5.76 Å². The third-order valence-electron chi connectivity index (χ3n) is 3.67. The van der Waals surface area contributed by atoms with Gasteiger partial charge in [0.25, 0.3) is 5.79 Å². The zero-order chi connectivity index (χ0) is 13.7. The van der Waals surface area contributed by atoms with Gasteiger partial charge >= 0.3 is 5.97 Å². The van der Waals surface area contributed by atoms with Crippen LogP contribution in [0.25, 0.3) is 11.3 Å². The third-order valence-corrected chi connectivity index (χ3v) is 3.67. The van der Waals surface area contributed by atoms with Crippen LogP contribution in [0, 0.1) is 0 Å². The zero-order valence-corrected chi connectivity index (χ0v) is 10.5. The van der Waals surface area contributed by atoms with Crippen molar-refractivity contribution < 1.29 is 23.9 Å². The second-order valence-corrected chi connectivity index (χ2v) is 5.01. The molecule has 0 bridgehead atoms. The van der Waals surface area contributed by atoms with Gasteiger partial charge in [0.15, 0.2) is 11.5 Å². The van der Waals surface area contributed by atoms with E-state index < -0.39 is 11.8 Å². The van der Waals surface area contributed by atoms with Crippen molar-refractivity contribution in [1.29, 1.82) is 0 Å². The molecule has 1 aromatic carbocycles. The zero-order valence-electron chi connectivity index (χ0n) is 10.5. The maximum atomic E-state index is 10.8. The molecule has 0 atom stereocenters. The van der Waals surface area contributed by atoms with Gasteiger partial charge in [0, 0.05) is 24.5 Å². The highest BCUT2D eigenvalue weighted by Gasteiger charge is 2.47. The third kappa shape index (κ3) is 1.57. The van der Waals surface area contributed by atoms with Gasteiger partial charge in [0.2, 0.25) is 5.76 Å². The predicted molar refractivity (Wildman–Crippen MR) is 66.7 cm³/mol. The fourth-order valence-electron chi connectivity index (χ4n) is 2.43. The maximum absolute atomic E-state index is 10.8. The van der Waals surface area contributed by atoms with Crippen molar-refractivity contribution in [2.45, 2.75) is 25.0 Å². The first-order valence-corrected chi connectivity index (χ1v) is 6.38. The van der Waals surface area contributed by atoms with Gasteiger partial charge in [-0.15, -0.1) is 0 Å². The number of aromatic carboxylic acids is 1. The molecule has 0 unspecified atom stereocenters. The Morgan fingerprint density at radius 3 is 2.65 bits per heavy atom. The van der Waals surface area contributed by atoms with Crippen LogP contribution >= 0.6 is 0 Å². The molecule has 1 saturated carbocycles. The number of carbonyl (C=O) groups is 1. The summed E-state index contributed by atoms with van der Waals surface area (Å²) in [5, 5.41) is 12.6. The molecule has 20 heavy (non-hydrogen) atoms. The standard InChI is InChI=1S/C14H11NO5/c16-13(17)12-7-9(15-20-12)8-2-3-10-11(6-8)19-14(18-10)4-1-5-14/h2-3,6-7H,1,4-5H2,(H,16,17). The van der Waals surface area contributed by atoms with Gasteiger partial charge in [-0.1, -0.05) is 5.16 Å². The van der Waals surface area contributed by atoms with Gasteiger partial charge in [-0.05, 0) is 24.6 Å². The van der Waals surface area contributed by atoms with Gasteiger partial charge in [-0.3, -0.25) is 0 Å². The van der Waals surface area contributed by atoms with E-state index in [9.17, 15) is 4.79 Å². The van der Waals surface area contributed by atoms with Gasteiger partial charge in [-0.25, -0.2) is 4.79 Å². The smallest absolute Gasteiger partial charge is 0.374 e. The monoisotopic (exact) mass is 273 g/mol. The summed E-state index contributed by atoms with van der Waals surface area (Å²) in [5.74, 6) is -0.416. The Hall–Kier alpha value is -2.50. The number of fused-ring (bicyclic) bond motifs is 1. The van der Waals surface area contributed by atoms with Crippen LogP contribution in [0.1, 0.15) is 29.8 Å². The van der Waals surface area contributed by atoms with Gasteiger partial charge < -0.3 is 19.1 Å². The summed E-state index contributed by atoms with van der Waals surface area (Å²) in [4.78, 5) is 10.8. The first kappa shape index (κ1) is 11.3. The molecule has 1 spiro atoms. The highest BCUT2D eigenvalue weighted by molar-refractivity contribution is 5.85. The van der Waals surface area contributed by atoms with Crippen LogP contribution in [-0.2, 0) is 0 Å². The topological polar surface area (TPSA) is 81.8 Å². The summed E-state index contributed by atoms with van der Waals surface area (Å²) in [6.45, 7) is 0. The lowest BCUT2D eigenvalue weighted by Gasteiger charge is -2.35. The van der Waals surface area contributed by atoms with Gasteiger partial charge in [-0.2, -0.15) is 0 Å². The molecule has 1 aliphatic heterocycles. The highest BCUT2D eigenvalue weighted by Crippen LogP contribution is 2.49. The fourth-order valence-corrected chi connectivity index (χ4v) is 2.43. The molecule has 1 N–H and O–H groups in total. The quantitative estimate of drug-likeness (QED) is 0.905. The lowest BCUT2D eigenvalue weighted by atomic mass is 9.91. The lowest BCUT2D eigenvalue weighted by molar-refractivity contribution is -0.138.